The molecule has 0 amide bonds. The third kappa shape index (κ3) is 6.24. The van der Waals surface area contributed by atoms with Gasteiger partial charge < -0.3 is 4.74 Å². The van der Waals surface area contributed by atoms with Gasteiger partial charge >= 0.3 is 5.97 Å². The Morgan fingerprint density at radius 1 is 1.09 bits per heavy atom. The van der Waals surface area contributed by atoms with Crippen molar-refractivity contribution in [1.29, 1.82) is 0 Å². The Bertz CT molecular complexity index is 470. The smallest absolute Gasteiger partial charge is 0.314 e. The van der Waals surface area contributed by atoms with Gasteiger partial charge in [0.05, 0.1) is 10.8 Å². The summed E-state index contributed by atoms with van der Waals surface area (Å²) in [5.41, 5.74) is -0.00975. The monoisotopic (exact) mass is 307 g/mol. The zero-order valence-electron chi connectivity index (χ0n) is 13.4. The summed E-state index contributed by atoms with van der Waals surface area (Å²) in [5, 5.41) is 10.6. The quantitative estimate of drug-likeness (QED) is 0.203. The number of esters is 1. The molecule has 0 aromatic heterocycles. The number of nitro benzene ring substituents is 1. The van der Waals surface area contributed by atoms with Crippen LogP contribution in [0.25, 0.3) is 0 Å². The first-order valence-corrected chi connectivity index (χ1v) is 8.04. The zero-order valence-corrected chi connectivity index (χ0v) is 13.4. The maximum atomic E-state index is 12.2. The summed E-state index contributed by atoms with van der Waals surface area (Å²) in [6, 6.07) is 5.63. The van der Waals surface area contributed by atoms with Crippen molar-refractivity contribution in [2.75, 3.05) is 0 Å². The Kier molecular flexibility index (Phi) is 8.18. The number of hydrogen-bond donors (Lipinski definition) is 0. The van der Waals surface area contributed by atoms with Crippen LogP contribution in [0.5, 0.6) is 5.75 Å². The Morgan fingerprint density at radius 3 is 2.32 bits per heavy atom. The Hall–Kier alpha value is -1.91. The van der Waals surface area contributed by atoms with Crippen LogP contribution in [0.1, 0.15) is 58.8 Å². The fraction of sp³-hybridized carbons (Fsp3) is 0.588. The fourth-order valence-corrected chi connectivity index (χ4v) is 2.38. The first-order valence-electron chi connectivity index (χ1n) is 8.04. The van der Waals surface area contributed by atoms with Gasteiger partial charge in [-0.25, -0.2) is 0 Å². The molecule has 0 saturated carbocycles. The van der Waals surface area contributed by atoms with E-state index in [0.29, 0.717) is 5.75 Å². The van der Waals surface area contributed by atoms with Gasteiger partial charge in [0.15, 0.2) is 0 Å². The number of benzene rings is 1. The van der Waals surface area contributed by atoms with Gasteiger partial charge in [0, 0.05) is 12.1 Å². The molecule has 122 valence electrons. The van der Waals surface area contributed by atoms with Crippen molar-refractivity contribution < 1.29 is 14.5 Å². The number of nitro groups is 1. The molecule has 1 aromatic rings. The number of unbranched alkanes of at least 4 members (excludes halogenated alkanes) is 3. The molecule has 1 rings (SSSR count). The lowest BCUT2D eigenvalue weighted by Gasteiger charge is -2.15. The van der Waals surface area contributed by atoms with E-state index in [2.05, 4.69) is 13.8 Å². The van der Waals surface area contributed by atoms with Crippen LogP contribution >= 0.6 is 0 Å². The normalized spacial score (nSPS) is 11.9. The van der Waals surface area contributed by atoms with E-state index in [1.54, 1.807) is 0 Å². The molecule has 1 aromatic carbocycles. The van der Waals surface area contributed by atoms with Crippen molar-refractivity contribution >= 4 is 11.7 Å². The SMILES string of the molecule is CCCCCCC(CCC)C(=O)Oc1ccc([N+](=O)[O-])cc1. The molecule has 0 bridgehead atoms. The first-order chi connectivity index (χ1) is 10.6. The van der Waals surface area contributed by atoms with Crippen molar-refractivity contribution in [1.82, 2.24) is 0 Å². The van der Waals surface area contributed by atoms with Gasteiger partial charge in [-0.1, -0.05) is 46.0 Å². The van der Waals surface area contributed by atoms with Crippen LogP contribution in [0.3, 0.4) is 0 Å². The Labute approximate surface area is 131 Å². The number of non-ortho nitro benzene ring substituents is 1. The van der Waals surface area contributed by atoms with Crippen LogP contribution in [-0.4, -0.2) is 10.9 Å². The highest BCUT2D eigenvalue weighted by molar-refractivity contribution is 5.75. The number of carbonyl (C=O) groups is 1. The van der Waals surface area contributed by atoms with Crippen LogP contribution in [0.15, 0.2) is 24.3 Å². The molecular weight excluding hydrogens is 282 g/mol. The molecule has 0 aliphatic carbocycles. The van der Waals surface area contributed by atoms with E-state index >= 15 is 0 Å². The molecule has 5 nitrogen and oxygen atoms in total. The van der Waals surface area contributed by atoms with Crippen LogP contribution in [0, 0.1) is 16.0 Å². The second-order valence-electron chi connectivity index (χ2n) is 5.51. The number of ether oxygens (including phenoxy) is 1. The summed E-state index contributed by atoms with van der Waals surface area (Å²) in [6.07, 6.45) is 7.14. The molecular formula is C17H25NO4. The van der Waals surface area contributed by atoms with Crippen molar-refractivity contribution in [3.8, 4) is 5.75 Å². The average Bonchev–Trinajstić information content (AvgIpc) is 2.50. The summed E-state index contributed by atoms with van der Waals surface area (Å²) in [6.45, 7) is 4.21. The van der Waals surface area contributed by atoms with E-state index < -0.39 is 4.92 Å². The van der Waals surface area contributed by atoms with Crippen molar-refractivity contribution in [3.63, 3.8) is 0 Å². The highest BCUT2D eigenvalue weighted by atomic mass is 16.6. The molecule has 0 saturated heterocycles. The number of carbonyl (C=O) groups excluding carboxylic acids is 1. The van der Waals surface area contributed by atoms with E-state index in [0.717, 1.165) is 32.1 Å². The van der Waals surface area contributed by atoms with Crippen LogP contribution in [0.2, 0.25) is 0 Å². The molecule has 1 atom stereocenters. The highest BCUT2D eigenvalue weighted by Crippen LogP contribution is 2.22. The molecule has 0 aliphatic heterocycles. The molecule has 0 heterocycles. The van der Waals surface area contributed by atoms with Crippen molar-refractivity contribution in [2.24, 2.45) is 5.92 Å². The molecule has 5 heteroatoms. The van der Waals surface area contributed by atoms with Crippen molar-refractivity contribution in [3.05, 3.63) is 34.4 Å². The summed E-state index contributed by atoms with van der Waals surface area (Å²) in [7, 11) is 0. The predicted molar refractivity (Wildman–Crippen MR) is 85.9 cm³/mol. The summed E-state index contributed by atoms with van der Waals surface area (Å²) in [5.74, 6) is 0.0505. The standard InChI is InChI=1S/C17H25NO4/c1-3-5-6-7-9-14(8-4-2)17(19)22-16-12-10-15(11-13-16)18(20)21/h10-14H,3-9H2,1-2H3. The molecule has 0 radical (unpaired) electrons. The van der Waals surface area contributed by atoms with E-state index in [-0.39, 0.29) is 17.6 Å². The number of hydrogen-bond acceptors (Lipinski definition) is 4. The molecule has 1 unspecified atom stereocenters. The second-order valence-corrected chi connectivity index (χ2v) is 5.51. The Balaban J connectivity index is 2.56. The topological polar surface area (TPSA) is 69.4 Å². The van der Waals surface area contributed by atoms with Crippen molar-refractivity contribution in [2.45, 2.75) is 58.8 Å². The third-order valence-corrected chi connectivity index (χ3v) is 3.64. The van der Waals surface area contributed by atoms with Crippen LogP contribution < -0.4 is 4.74 Å². The fourth-order valence-electron chi connectivity index (χ4n) is 2.38. The lowest BCUT2D eigenvalue weighted by atomic mass is 9.96. The van der Waals surface area contributed by atoms with Gasteiger partial charge in [-0.05, 0) is 25.0 Å². The van der Waals surface area contributed by atoms with Gasteiger partial charge in [0.2, 0.25) is 0 Å². The van der Waals surface area contributed by atoms with Crippen LogP contribution in [0.4, 0.5) is 5.69 Å². The maximum Gasteiger partial charge on any atom is 0.314 e. The van der Waals surface area contributed by atoms with Crippen LogP contribution in [-0.2, 0) is 4.79 Å². The molecule has 0 N–H and O–H groups in total. The summed E-state index contributed by atoms with van der Waals surface area (Å²) >= 11 is 0. The van der Waals surface area contributed by atoms with Gasteiger partial charge in [0.1, 0.15) is 5.75 Å². The number of nitrogens with zero attached hydrogens (tertiary/aromatic N) is 1. The van der Waals surface area contributed by atoms with Gasteiger partial charge in [-0.2, -0.15) is 0 Å². The molecule has 22 heavy (non-hydrogen) atoms. The van der Waals surface area contributed by atoms with E-state index in [4.69, 9.17) is 4.74 Å². The second kappa shape index (κ2) is 9.92. The van der Waals surface area contributed by atoms with E-state index in [1.807, 2.05) is 0 Å². The van der Waals surface area contributed by atoms with E-state index in [1.165, 1.54) is 37.1 Å². The first kappa shape index (κ1) is 18.1. The molecule has 0 aliphatic rings. The highest BCUT2D eigenvalue weighted by Gasteiger charge is 2.19. The lowest BCUT2D eigenvalue weighted by molar-refractivity contribution is -0.384. The number of rotatable bonds is 10. The van der Waals surface area contributed by atoms with Gasteiger partial charge in [-0.15, -0.1) is 0 Å². The minimum Gasteiger partial charge on any atom is -0.426 e. The van der Waals surface area contributed by atoms with Gasteiger partial charge in [0.25, 0.3) is 5.69 Å². The Morgan fingerprint density at radius 2 is 1.77 bits per heavy atom. The predicted octanol–water partition coefficient (Wildman–Crippen LogP) is 4.89. The minimum atomic E-state index is -0.473. The minimum absolute atomic E-state index is 0.00975. The zero-order chi connectivity index (χ0) is 16.4. The maximum absolute atomic E-state index is 12.2. The third-order valence-electron chi connectivity index (χ3n) is 3.64. The van der Waals surface area contributed by atoms with E-state index in [9.17, 15) is 14.9 Å². The average molecular weight is 307 g/mol. The molecule has 0 spiro atoms. The largest absolute Gasteiger partial charge is 0.426 e. The van der Waals surface area contributed by atoms with Gasteiger partial charge in [-0.3, -0.25) is 14.9 Å². The molecule has 0 fully saturated rings. The lowest BCUT2D eigenvalue weighted by Crippen LogP contribution is -2.20. The summed E-state index contributed by atoms with van der Waals surface area (Å²) < 4.78 is 5.36. The summed E-state index contributed by atoms with van der Waals surface area (Å²) in [4.78, 5) is 22.4.